The monoisotopic (exact) mass is 560 g/mol. The molecule has 0 aromatic heterocycles. The average Bonchev–Trinajstić information content (AvgIpc) is 3.04. The molecule has 8 heteroatoms. The fourth-order valence-corrected chi connectivity index (χ4v) is 5.33. The Morgan fingerprint density at radius 2 is 1.53 bits per heavy atom. The third-order valence-electron chi connectivity index (χ3n) is 5.58. The summed E-state index contributed by atoms with van der Waals surface area (Å²) in [7, 11) is 0. The number of ether oxygens (including phenoxy) is 2. The summed E-state index contributed by atoms with van der Waals surface area (Å²) < 4.78 is 12.0. The van der Waals surface area contributed by atoms with Crippen molar-refractivity contribution in [3.05, 3.63) is 79.9 Å². The van der Waals surface area contributed by atoms with Crippen molar-refractivity contribution >= 4 is 43.8 Å². The maximum Gasteiger partial charge on any atom is 0.336 e. The van der Waals surface area contributed by atoms with Gasteiger partial charge in [0.25, 0.3) is 0 Å². The molecule has 6 nitrogen and oxygen atoms in total. The summed E-state index contributed by atoms with van der Waals surface area (Å²) in [4.78, 5) is 26.5. The van der Waals surface area contributed by atoms with Gasteiger partial charge in [0.2, 0.25) is 5.41 Å². The van der Waals surface area contributed by atoms with Crippen LogP contribution in [-0.2, 0) is 19.1 Å². The molecule has 0 radical (unpaired) electrons. The van der Waals surface area contributed by atoms with Crippen LogP contribution in [0.25, 0.3) is 0 Å². The lowest BCUT2D eigenvalue weighted by Gasteiger charge is -2.32. The zero-order valence-corrected chi connectivity index (χ0v) is 20.8. The Morgan fingerprint density at radius 1 is 1.00 bits per heavy atom. The zero-order chi connectivity index (χ0) is 23.5. The maximum atomic E-state index is 13.4. The number of benzene rings is 2. The van der Waals surface area contributed by atoms with Crippen LogP contribution in [0, 0.1) is 16.7 Å². The Bertz CT molecular complexity index is 1120. The second-order valence-electron chi connectivity index (χ2n) is 7.19. The second-order valence-corrected chi connectivity index (χ2v) is 8.90. The van der Waals surface area contributed by atoms with Crippen molar-refractivity contribution in [3.8, 4) is 6.07 Å². The normalized spacial score (nSPS) is 22.3. The predicted octanol–water partition coefficient (Wildman–Crippen LogP) is 4.94. The van der Waals surface area contributed by atoms with Gasteiger partial charge in [0.05, 0.1) is 30.6 Å². The van der Waals surface area contributed by atoms with Crippen molar-refractivity contribution in [3.63, 3.8) is 0 Å². The number of carbonyl (C=O) groups is 2. The number of rotatable bonds is 6. The van der Waals surface area contributed by atoms with E-state index >= 15 is 0 Å². The Labute approximate surface area is 203 Å². The highest BCUT2D eigenvalue weighted by Gasteiger charge is 2.62. The van der Waals surface area contributed by atoms with Crippen molar-refractivity contribution in [2.45, 2.75) is 25.7 Å². The standard InChI is InChI=1S/C24H22Br2N2O4/c1-3-31-22(29)19-18(14-9-5-7-11-16(14)25)20(15-10-6-8-12-17(15)26)24(13-27,21(19)28)23(30)32-4-2/h5-12,18,20H,3-4,28H2,1-2H3/t18-,20+,24-/m1/s1. The van der Waals surface area contributed by atoms with Crippen molar-refractivity contribution < 1.29 is 19.1 Å². The van der Waals surface area contributed by atoms with E-state index in [-0.39, 0.29) is 24.5 Å². The minimum atomic E-state index is -1.91. The highest BCUT2D eigenvalue weighted by Crippen LogP contribution is 2.60. The first-order valence-electron chi connectivity index (χ1n) is 10.1. The second kappa shape index (κ2) is 9.88. The number of nitriles is 1. The zero-order valence-electron chi connectivity index (χ0n) is 17.6. The number of nitrogens with zero attached hydrogens (tertiary/aromatic N) is 1. The Morgan fingerprint density at radius 3 is 2.03 bits per heavy atom. The molecule has 2 aromatic rings. The molecule has 2 aromatic carbocycles. The van der Waals surface area contributed by atoms with Crippen molar-refractivity contribution in [2.24, 2.45) is 11.1 Å². The molecule has 0 unspecified atom stereocenters. The summed E-state index contributed by atoms with van der Waals surface area (Å²) in [6.07, 6.45) is 0. The number of hydrogen-bond acceptors (Lipinski definition) is 6. The van der Waals surface area contributed by atoms with E-state index in [2.05, 4.69) is 37.9 Å². The molecule has 1 aliphatic rings. The van der Waals surface area contributed by atoms with Gasteiger partial charge in [0.15, 0.2) is 0 Å². The minimum absolute atomic E-state index is 0.0622. The van der Waals surface area contributed by atoms with Gasteiger partial charge in [-0.25, -0.2) is 9.59 Å². The lowest BCUT2D eigenvalue weighted by molar-refractivity contribution is -0.151. The predicted molar refractivity (Wildman–Crippen MR) is 126 cm³/mol. The quantitative estimate of drug-likeness (QED) is 0.501. The third kappa shape index (κ3) is 3.84. The van der Waals surface area contributed by atoms with Crippen LogP contribution in [0.4, 0.5) is 0 Å². The third-order valence-corrected chi connectivity index (χ3v) is 7.02. The summed E-state index contributed by atoms with van der Waals surface area (Å²) in [5.41, 5.74) is 5.91. The van der Waals surface area contributed by atoms with Gasteiger partial charge >= 0.3 is 11.9 Å². The van der Waals surface area contributed by atoms with E-state index in [9.17, 15) is 14.9 Å². The molecular formula is C24H22Br2N2O4. The largest absolute Gasteiger partial charge is 0.464 e. The van der Waals surface area contributed by atoms with Crippen LogP contribution in [0.5, 0.6) is 0 Å². The minimum Gasteiger partial charge on any atom is -0.464 e. The summed E-state index contributed by atoms with van der Waals surface area (Å²) in [5.74, 6) is -3.02. The average molecular weight is 562 g/mol. The van der Waals surface area contributed by atoms with Gasteiger partial charge in [0, 0.05) is 20.8 Å². The van der Waals surface area contributed by atoms with E-state index < -0.39 is 29.2 Å². The Balaban J connectivity index is 2.43. The van der Waals surface area contributed by atoms with Crippen LogP contribution >= 0.6 is 31.9 Å². The fourth-order valence-electron chi connectivity index (χ4n) is 4.27. The first kappa shape index (κ1) is 24.0. The van der Waals surface area contributed by atoms with Gasteiger partial charge in [-0.05, 0) is 37.1 Å². The molecule has 0 bridgehead atoms. The van der Waals surface area contributed by atoms with Crippen molar-refractivity contribution in [2.75, 3.05) is 13.2 Å². The van der Waals surface area contributed by atoms with E-state index in [1.165, 1.54) is 0 Å². The van der Waals surface area contributed by atoms with Crippen LogP contribution in [0.2, 0.25) is 0 Å². The summed E-state index contributed by atoms with van der Waals surface area (Å²) >= 11 is 7.11. The van der Waals surface area contributed by atoms with Gasteiger partial charge in [-0.15, -0.1) is 0 Å². The molecule has 3 rings (SSSR count). The molecule has 166 valence electrons. The fraction of sp³-hybridized carbons (Fsp3) is 0.292. The van der Waals surface area contributed by atoms with Gasteiger partial charge in [0.1, 0.15) is 0 Å². The van der Waals surface area contributed by atoms with Crippen molar-refractivity contribution in [1.29, 1.82) is 5.26 Å². The molecule has 32 heavy (non-hydrogen) atoms. The molecule has 0 aliphatic heterocycles. The van der Waals surface area contributed by atoms with Gasteiger partial charge in [-0.3, -0.25) is 0 Å². The summed E-state index contributed by atoms with van der Waals surface area (Å²) in [6.45, 7) is 3.53. The lowest BCUT2D eigenvalue weighted by Crippen LogP contribution is -2.40. The number of nitrogens with two attached hydrogens (primary N) is 1. The molecule has 0 heterocycles. The van der Waals surface area contributed by atoms with E-state index in [1.54, 1.807) is 13.8 Å². The number of esters is 2. The van der Waals surface area contributed by atoms with Crippen LogP contribution in [0.1, 0.15) is 36.8 Å². The highest BCUT2D eigenvalue weighted by molar-refractivity contribution is 9.10. The van der Waals surface area contributed by atoms with E-state index in [1.807, 2.05) is 48.5 Å². The van der Waals surface area contributed by atoms with E-state index in [4.69, 9.17) is 15.2 Å². The first-order valence-corrected chi connectivity index (χ1v) is 11.7. The number of hydrogen-bond donors (Lipinski definition) is 1. The Hall–Kier alpha value is -2.63. The topological polar surface area (TPSA) is 102 Å². The lowest BCUT2D eigenvalue weighted by atomic mass is 9.69. The number of carbonyl (C=O) groups excluding carboxylic acids is 2. The Kier molecular flexibility index (Phi) is 7.42. The van der Waals surface area contributed by atoms with Gasteiger partial charge < -0.3 is 15.2 Å². The molecule has 0 saturated carbocycles. The molecular weight excluding hydrogens is 540 g/mol. The van der Waals surface area contributed by atoms with Crippen LogP contribution in [0.3, 0.4) is 0 Å². The van der Waals surface area contributed by atoms with Gasteiger partial charge in [-0.2, -0.15) is 5.26 Å². The molecule has 0 spiro atoms. The molecule has 0 fully saturated rings. The summed E-state index contributed by atoms with van der Waals surface area (Å²) in [6, 6.07) is 16.7. The molecule has 3 atom stereocenters. The van der Waals surface area contributed by atoms with Crippen LogP contribution < -0.4 is 5.73 Å². The van der Waals surface area contributed by atoms with E-state index in [0.29, 0.717) is 20.1 Å². The molecule has 2 N–H and O–H groups in total. The molecule has 1 aliphatic carbocycles. The summed E-state index contributed by atoms with van der Waals surface area (Å²) in [5, 5.41) is 10.4. The highest BCUT2D eigenvalue weighted by atomic mass is 79.9. The SMILES string of the molecule is CCOC(=O)C1=C(N)[C@](C#N)(C(=O)OCC)[C@@H](c2ccccc2Br)[C@@H]1c1ccccc1Br. The van der Waals surface area contributed by atoms with Gasteiger partial charge in [-0.1, -0.05) is 68.3 Å². The van der Waals surface area contributed by atoms with Crippen molar-refractivity contribution in [1.82, 2.24) is 0 Å². The molecule has 0 amide bonds. The van der Waals surface area contributed by atoms with Crippen LogP contribution in [0.15, 0.2) is 68.7 Å². The molecule has 0 saturated heterocycles. The van der Waals surface area contributed by atoms with E-state index in [0.717, 1.165) is 0 Å². The number of halogens is 2. The van der Waals surface area contributed by atoms with Crippen LogP contribution in [-0.4, -0.2) is 25.2 Å². The first-order chi connectivity index (χ1) is 15.3. The maximum absolute atomic E-state index is 13.4. The smallest absolute Gasteiger partial charge is 0.336 e.